The molecular weight excluding hydrogens is 200 g/mol. The maximum atomic E-state index is 11.7. The highest BCUT2D eigenvalue weighted by atomic mass is 32.2. The van der Waals surface area contributed by atoms with Crippen LogP contribution in [0.25, 0.3) is 0 Å². The summed E-state index contributed by atoms with van der Waals surface area (Å²) in [6.45, 7) is 1.43. The van der Waals surface area contributed by atoms with Crippen molar-refractivity contribution in [3.63, 3.8) is 0 Å². The third-order valence-corrected chi connectivity index (χ3v) is 3.69. The zero-order valence-corrected chi connectivity index (χ0v) is 8.42. The van der Waals surface area contributed by atoms with Crippen molar-refractivity contribution in [3.8, 4) is 0 Å². The van der Waals surface area contributed by atoms with Gasteiger partial charge in [0.2, 0.25) is 10.0 Å². The molecule has 1 fully saturated rings. The van der Waals surface area contributed by atoms with Crippen molar-refractivity contribution >= 4 is 10.0 Å². The van der Waals surface area contributed by atoms with Gasteiger partial charge in [0.25, 0.3) is 0 Å². The summed E-state index contributed by atoms with van der Waals surface area (Å²) in [5, 5.41) is 3.01. The van der Waals surface area contributed by atoms with Crippen LogP contribution in [0.3, 0.4) is 0 Å². The van der Waals surface area contributed by atoms with Gasteiger partial charge in [-0.1, -0.05) is 18.2 Å². The predicted octanol–water partition coefficient (Wildman–Crippen LogP) is -0.0633. The van der Waals surface area contributed by atoms with Gasteiger partial charge in [0.15, 0.2) is 0 Å². The van der Waals surface area contributed by atoms with Crippen LogP contribution in [0.5, 0.6) is 0 Å². The van der Waals surface area contributed by atoms with Gasteiger partial charge in [0.1, 0.15) is 0 Å². The number of nitrogens with one attached hydrogen (secondary N) is 2. The van der Waals surface area contributed by atoms with Crippen LogP contribution in [-0.2, 0) is 10.0 Å². The minimum atomic E-state index is -3.31. The molecule has 0 atom stereocenters. The first kappa shape index (κ1) is 9.64. The molecule has 1 saturated heterocycles. The van der Waals surface area contributed by atoms with Crippen LogP contribution in [0.1, 0.15) is 0 Å². The number of benzene rings is 1. The van der Waals surface area contributed by atoms with Crippen molar-refractivity contribution in [1.82, 2.24) is 10.0 Å². The first-order valence-corrected chi connectivity index (χ1v) is 5.95. The molecule has 1 aromatic rings. The molecule has 0 amide bonds. The SMILES string of the molecule is O=S(=O)(NC1CNC1)c1ccccc1. The summed E-state index contributed by atoms with van der Waals surface area (Å²) in [6, 6.07) is 8.45. The van der Waals surface area contributed by atoms with E-state index < -0.39 is 10.0 Å². The van der Waals surface area contributed by atoms with Gasteiger partial charge in [-0.25, -0.2) is 13.1 Å². The van der Waals surface area contributed by atoms with Crippen LogP contribution in [0.4, 0.5) is 0 Å². The summed E-state index contributed by atoms with van der Waals surface area (Å²) >= 11 is 0. The standard InChI is InChI=1S/C9H12N2O2S/c12-14(13,11-8-6-10-7-8)9-4-2-1-3-5-9/h1-5,8,10-11H,6-7H2. The average molecular weight is 212 g/mol. The molecular formula is C9H12N2O2S. The molecule has 76 valence electrons. The minimum Gasteiger partial charge on any atom is -0.313 e. The number of hydrogen-bond acceptors (Lipinski definition) is 3. The summed E-state index contributed by atoms with van der Waals surface area (Å²) in [6.07, 6.45) is 0. The molecule has 2 rings (SSSR count). The normalized spacial score (nSPS) is 17.7. The predicted molar refractivity (Wildman–Crippen MR) is 53.4 cm³/mol. The maximum absolute atomic E-state index is 11.7. The quantitative estimate of drug-likeness (QED) is 0.738. The van der Waals surface area contributed by atoms with E-state index in [0.29, 0.717) is 18.0 Å². The van der Waals surface area contributed by atoms with Crippen molar-refractivity contribution in [1.29, 1.82) is 0 Å². The molecule has 5 heteroatoms. The van der Waals surface area contributed by atoms with E-state index in [9.17, 15) is 8.42 Å². The Labute approximate surface area is 83.4 Å². The smallest absolute Gasteiger partial charge is 0.240 e. The van der Waals surface area contributed by atoms with E-state index in [1.54, 1.807) is 30.3 Å². The van der Waals surface area contributed by atoms with Crippen molar-refractivity contribution in [3.05, 3.63) is 30.3 Å². The number of sulfonamides is 1. The summed E-state index contributed by atoms with van der Waals surface area (Å²) < 4.78 is 26.0. The van der Waals surface area contributed by atoms with Gasteiger partial charge < -0.3 is 5.32 Å². The Balaban J connectivity index is 2.15. The highest BCUT2D eigenvalue weighted by molar-refractivity contribution is 7.89. The average Bonchev–Trinajstić information content (AvgIpc) is 2.13. The Hall–Kier alpha value is -0.910. The summed E-state index contributed by atoms with van der Waals surface area (Å²) in [5.74, 6) is 0. The molecule has 1 aliphatic heterocycles. The van der Waals surface area contributed by atoms with Gasteiger partial charge >= 0.3 is 0 Å². The Morgan fingerprint density at radius 2 is 1.86 bits per heavy atom. The fourth-order valence-electron chi connectivity index (χ4n) is 1.26. The van der Waals surface area contributed by atoms with E-state index in [1.807, 2.05) is 0 Å². The van der Waals surface area contributed by atoms with Crippen LogP contribution in [0.15, 0.2) is 35.2 Å². The zero-order valence-electron chi connectivity index (χ0n) is 7.60. The molecule has 0 bridgehead atoms. The van der Waals surface area contributed by atoms with E-state index in [2.05, 4.69) is 10.0 Å². The maximum Gasteiger partial charge on any atom is 0.240 e. The lowest BCUT2D eigenvalue weighted by atomic mass is 10.2. The molecule has 1 heterocycles. The molecule has 1 aromatic carbocycles. The van der Waals surface area contributed by atoms with Crippen molar-refractivity contribution < 1.29 is 8.42 Å². The Morgan fingerprint density at radius 3 is 2.36 bits per heavy atom. The summed E-state index contributed by atoms with van der Waals surface area (Å²) in [5.41, 5.74) is 0. The van der Waals surface area contributed by atoms with E-state index in [1.165, 1.54) is 0 Å². The first-order chi connectivity index (χ1) is 6.68. The highest BCUT2D eigenvalue weighted by Gasteiger charge is 2.23. The van der Waals surface area contributed by atoms with Crippen LogP contribution in [0.2, 0.25) is 0 Å². The lowest BCUT2D eigenvalue weighted by Crippen LogP contribution is -2.56. The fourth-order valence-corrected chi connectivity index (χ4v) is 2.52. The Morgan fingerprint density at radius 1 is 1.21 bits per heavy atom. The topological polar surface area (TPSA) is 58.2 Å². The van der Waals surface area contributed by atoms with Crippen LogP contribution in [-0.4, -0.2) is 27.5 Å². The summed E-state index contributed by atoms with van der Waals surface area (Å²) in [4.78, 5) is 0.326. The second-order valence-corrected chi connectivity index (χ2v) is 5.00. The molecule has 0 unspecified atom stereocenters. The molecule has 0 aromatic heterocycles. The van der Waals surface area contributed by atoms with Gasteiger partial charge in [-0.2, -0.15) is 0 Å². The Kier molecular flexibility index (Phi) is 2.54. The van der Waals surface area contributed by atoms with E-state index >= 15 is 0 Å². The second kappa shape index (κ2) is 3.68. The van der Waals surface area contributed by atoms with Gasteiger partial charge in [-0.15, -0.1) is 0 Å². The number of rotatable bonds is 3. The van der Waals surface area contributed by atoms with Crippen LogP contribution < -0.4 is 10.0 Å². The van der Waals surface area contributed by atoms with Crippen molar-refractivity contribution in [2.75, 3.05) is 13.1 Å². The first-order valence-electron chi connectivity index (χ1n) is 4.46. The van der Waals surface area contributed by atoms with Crippen molar-refractivity contribution in [2.24, 2.45) is 0 Å². The van der Waals surface area contributed by atoms with Gasteiger partial charge in [-0.3, -0.25) is 0 Å². The van der Waals surface area contributed by atoms with E-state index in [-0.39, 0.29) is 6.04 Å². The zero-order chi connectivity index (χ0) is 10.0. The summed E-state index contributed by atoms with van der Waals surface area (Å²) in [7, 11) is -3.31. The molecule has 4 nitrogen and oxygen atoms in total. The molecule has 0 radical (unpaired) electrons. The monoisotopic (exact) mass is 212 g/mol. The molecule has 0 spiro atoms. The van der Waals surface area contributed by atoms with E-state index in [0.717, 1.165) is 0 Å². The van der Waals surface area contributed by atoms with Crippen molar-refractivity contribution in [2.45, 2.75) is 10.9 Å². The molecule has 1 aliphatic rings. The highest BCUT2D eigenvalue weighted by Crippen LogP contribution is 2.08. The largest absolute Gasteiger partial charge is 0.313 e. The molecule has 2 N–H and O–H groups in total. The van der Waals surface area contributed by atoms with Gasteiger partial charge in [-0.05, 0) is 12.1 Å². The lowest BCUT2D eigenvalue weighted by molar-refractivity contribution is 0.410. The fraction of sp³-hybridized carbons (Fsp3) is 0.333. The third-order valence-electron chi connectivity index (χ3n) is 2.16. The minimum absolute atomic E-state index is 0.0419. The third kappa shape index (κ3) is 1.95. The van der Waals surface area contributed by atoms with E-state index in [4.69, 9.17) is 0 Å². The Bertz CT molecular complexity index is 398. The van der Waals surface area contributed by atoms with Gasteiger partial charge in [0.05, 0.1) is 4.90 Å². The van der Waals surface area contributed by atoms with Gasteiger partial charge in [0, 0.05) is 19.1 Å². The lowest BCUT2D eigenvalue weighted by Gasteiger charge is -2.27. The van der Waals surface area contributed by atoms with Crippen LogP contribution >= 0.6 is 0 Å². The molecule has 0 aliphatic carbocycles. The van der Waals surface area contributed by atoms with Crippen LogP contribution in [0, 0.1) is 0 Å². The second-order valence-electron chi connectivity index (χ2n) is 3.29. The molecule has 14 heavy (non-hydrogen) atoms. The molecule has 0 saturated carbocycles. The number of hydrogen-bond donors (Lipinski definition) is 2.